The summed E-state index contributed by atoms with van der Waals surface area (Å²) in [7, 11) is 0. The average Bonchev–Trinajstić information content (AvgIpc) is 3.60. The molecule has 13 nitrogen and oxygen atoms in total. The summed E-state index contributed by atoms with van der Waals surface area (Å²) in [5.74, 6) is -1.65. The van der Waals surface area contributed by atoms with Crippen LogP contribution in [0.1, 0.15) is 33.6 Å². The quantitative estimate of drug-likeness (QED) is 0.127. The van der Waals surface area contributed by atoms with Crippen LogP contribution in [-0.4, -0.2) is 89.1 Å². The van der Waals surface area contributed by atoms with E-state index in [0.29, 0.717) is 51.1 Å². The van der Waals surface area contributed by atoms with Crippen LogP contribution in [0.2, 0.25) is 0 Å². The lowest BCUT2D eigenvalue weighted by atomic mass is 10.0. The monoisotopic (exact) mass is 648 g/mol. The topological polar surface area (TPSA) is 165 Å². The van der Waals surface area contributed by atoms with Gasteiger partial charge in [0.25, 0.3) is 11.8 Å². The number of aromatic nitrogens is 3. The van der Waals surface area contributed by atoms with Crippen LogP contribution in [0.25, 0.3) is 32.9 Å². The highest BCUT2D eigenvalue weighted by molar-refractivity contribution is 6.25. The summed E-state index contributed by atoms with van der Waals surface area (Å²) in [6, 6.07) is 16.0. The molecule has 0 bridgehead atoms. The van der Waals surface area contributed by atoms with Crippen molar-refractivity contribution in [1.29, 1.82) is 0 Å². The highest BCUT2D eigenvalue weighted by atomic mass is 16.5. The maximum absolute atomic E-state index is 13.2. The smallest absolute Gasteiger partial charge is 0.264 e. The fourth-order valence-electron chi connectivity index (χ4n) is 6.01. The Bertz CT molecular complexity index is 2030. The molecule has 4 amide bonds. The summed E-state index contributed by atoms with van der Waals surface area (Å²) in [6.45, 7) is 2.16. The van der Waals surface area contributed by atoms with Gasteiger partial charge in [-0.15, -0.1) is 0 Å². The van der Waals surface area contributed by atoms with E-state index in [2.05, 4.69) is 43.8 Å². The average molecular weight is 649 g/mol. The Morgan fingerprint density at radius 3 is 2.50 bits per heavy atom. The number of pyridine rings is 2. The Morgan fingerprint density at radius 2 is 1.67 bits per heavy atom. The molecule has 3 aromatic heterocycles. The SMILES string of the molecule is O=C1CCC(N2C(=O)c3cccc(NCCOCCOCCOc4ccc(-c5ccc6c(c5)[nH]c5ccncc56)cn4)c3C2=O)C(=O)N1. The number of fused-ring (bicyclic) bond motifs is 4. The Kier molecular flexibility index (Phi) is 8.77. The van der Waals surface area contributed by atoms with Crippen LogP contribution in [0.4, 0.5) is 5.69 Å². The number of hydrogen-bond acceptors (Lipinski definition) is 10. The Hall–Kier alpha value is -5.66. The molecule has 2 aliphatic rings. The van der Waals surface area contributed by atoms with E-state index in [9.17, 15) is 19.2 Å². The van der Waals surface area contributed by atoms with Crippen molar-refractivity contribution in [1.82, 2.24) is 25.2 Å². The summed E-state index contributed by atoms with van der Waals surface area (Å²) < 4.78 is 17.0. The first kappa shape index (κ1) is 31.0. The van der Waals surface area contributed by atoms with Crippen molar-refractivity contribution in [2.24, 2.45) is 0 Å². The summed E-state index contributed by atoms with van der Waals surface area (Å²) in [4.78, 5) is 63.0. The van der Waals surface area contributed by atoms with E-state index in [4.69, 9.17) is 14.2 Å². The van der Waals surface area contributed by atoms with Gasteiger partial charge in [-0.3, -0.25) is 34.4 Å². The Morgan fingerprint density at radius 1 is 0.833 bits per heavy atom. The second kappa shape index (κ2) is 13.6. The molecule has 0 aliphatic carbocycles. The van der Waals surface area contributed by atoms with E-state index in [-0.39, 0.29) is 24.0 Å². The number of aromatic amines is 1. The van der Waals surface area contributed by atoms with Gasteiger partial charge < -0.3 is 24.5 Å². The van der Waals surface area contributed by atoms with Gasteiger partial charge in [-0.25, -0.2) is 4.98 Å². The molecule has 0 saturated carbocycles. The van der Waals surface area contributed by atoms with E-state index in [1.165, 1.54) is 0 Å². The van der Waals surface area contributed by atoms with Crippen molar-refractivity contribution in [2.45, 2.75) is 18.9 Å². The van der Waals surface area contributed by atoms with Crippen molar-refractivity contribution >= 4 is 51.1 Å². The fraction of sp³-hybridized carbons (Fsp3) is 0.257. The molecule has 244 valence electrons. The molecule has 48 heavy (non-hydrogen) atoms. The van der Waals surface area contributed by atoms with E-state index in [1.54, 1.807) is 30.6 Å². The second-order valence-electron chi connectivity index (χ2n) is 11.4. The fourth-order valence-corrected chi connectivity index (χ4v) is 6.01. The number of nitrogens with one attached hydrogen (secondary N) is 3. The molecule has 0 spiro atoms. The van der Waals surface area contributed by atoms with Gasteiger partial charge in [0.05, 0.1) is 37.6 Å². The number of H-pyrrole nitrogens is 1. The largest absolute Gasteiger partial charge is 0.475 e. The normalized spacial score (nSPS) is 16.1. The van der Waals surface area contributed by atoms with Gasteiger partial charge in [0.15, 0.2) is 0 Å². The maximum atomic E-state index is 13.2. The lowest BCUT2D eigenvalue weighted by Gasteiger charge is -2.27. The van der Waals surface area contributed by atoms with Crippen LogP contribution in [0.15, 0.2) is 73.2 Å². The number of nitrogens with zero attached hydrogens (tertiary/aromatic N) is 3. The molecule has 1 unspecified atom stereocenters. The molecule has 2 aliphatic heterocycles. The number of piperidine rings is 1. The number of amides is 4. The number of carbonyl (C=O) groups is 4. The van der Waals surface area contributed by atoms with E-state index < -0.39 is 29.7 Å². The molecule has 5 aromatic rings. The van der Waals surface area contributed by atoms with Crippen molar-refractivity contribution in [3.05, 3.63) is 84.3 Å². The van der Waals surface area contributed by atoms with Crippen LogP contribution >= 0.6 is 0 Å². The highest BCUT2D eigenvalue weighted by Gasteiger charge is 2.45. The van der Waals surface area contributed by atoms with Crippen molar-refractivity contribution in [3.8, 4) is 17.0 Å². The minimum absolute atomic E-state index is 0.0677. The van der Waals surface area contributed by atoms with Crippen LogP contribution in [0.3, 0.4) is 0 Å². The molecule has 1 fully saturated rings. The van der Waals surface area contributed by atoms with Gasteiger partial charge >= 0.3 is 0 Å². The van der Waals surface area contributed by atoms with Crippen LogP contribution in [-0.2, 0) is 19.1 Å². The third-order valence-corrected chi connectivity index (χ3v) is 8.35. The van der Waals surface area contributed by atoms with E-state index >= 15 is 0 Å². The summed E-state index contributed by atoms with van der Waals surface area (Å²) in [5.41, 5.74) is 5.04. The second-order valence-corrected chi connectivity index (χ2v) is 11.4. The summed E-state index contributed by atoms with van der Waals surface area (Å²) in [5, 5.41) is 7.57. The summed E-state index contributed by atoms with van der Waals surface area (Å²) >= 11 is 0. The molecule has 2 aromatic carbocycles. The lowest BCUT2D eigenvalue weighted by Crippen LogP contribution is -2.54. The zero-order valence-electron chi connectivity index (χ0n) is 25.9. The first-order chi connectivity index (χ1) is 23.5. The third-order valence-electron chi connectivity index (χ3n) is 8.35. The third kappa shape index (κ3) is 6.20. The lowest BCUT2D eigenvalue weighted by molar-refractivity contribution is -0.136. The standard InChI is InChI=1S/C35H32N6O7/c42-30-8-7-29(33(43)40-30)41-34(44)24-2-1-3-27(32(24)35(41)45)37-12-13-46-14-15-47-16-17-48-31-9-5-22(19-38-31)21-4-6-23-25-20-36-11-10-26(25)39-28(23)18-21/h1-6,9-11,18-20,29,37,39H,7-8,12-17H2,(H,40,42,43). The minimum atomic E-state index is -1.01. The predicted molar refractivity (Wildman–Crippen MR) is 176 cm³/mol. The molecule has 1 saturated heterocycles. The van der Waals surface area contributed by atoms with Crippen LogP contribution in [0.5, 0.6) is 5.88 Å². The first-order valence-electron chi connectivity index (χ1n) is 15.7. The molecule has 13 heteroatoms. The zero-order valence-corrected chi connectivity index (χ0v) is 25.9. The Balaban J connectivity index is 0.803. The van der Waals surface area contributed by atoms with Gasteiger partial charge in [0, 0.05) is 70.7 Å². The van der Waals surface area contributed by atoms with E-state index in [0.717, 1.165) is 37.8 Å². The van der Waals surface area contributed by atoms with Gasteiger partial charge in [-0.1, -0.05) is 18.2 Å². The van der Waals surface area contributed by atoms with Crippen LogP contribution < -0.4 is 15.4 Å². The van der Waals surface area contributed by atoms with Crippen molar-refractivity contribution in [2.75, 3.05) is 44.9 Å². The predicted octanol–water partition coefficient (Wildman–Crippen LogP) is 3.70. The zero-order chi connectivity index (χ0) is 33.0. The molecule has 7 rings (SSSR count). The number of carbonyl (C=O) groups excluding carboxylic acids is 4. The van der Waals surface area contributed by atoms with Gasteiger partial charge in [0.1, 0.15) is 12.6 Å². The number of hydrogen-bond donors (Lipinski definition) is 3. The van der Waals surface area contributed by atoms with Crippen molar-refractivity contribution < 1.29 is 33.4 Å². The van der Waals surface area contributed by atoms with Crippen LogP contribution in [0, 0.1) is 0 Å². The molecule has 3 N–H and O–H groups in total. The molecular formula is C35H32N6O7. The molecule has 5 heterocycles. The van der Waals surface area contributed by atoms with Gasteiger partial charge in [-0.2, -0.15) is 0 Å². The number of ether oxygens (including phenoxy) is 3. The Labute approximate surface area is 274 Å². The number of rotatable bonds is 13. The van der Waals surface area contributed by atoms with Gasteiger partial charge in [-0.05, 0) is 42.3 Å². The first-order valence-corrected chi connectivity index (χ1v) is 15.7. The number of benzene rings is 2. The molecule has 0 radical (unpaired) electrons. The number of imide groups is 2. The van der Waals surface area contributed by atoms with E-state index in [1.807, 2.05) is 24.4 Å². The van der Waals surface area contributed by atoms with Crippen molar-refractivity contribution in [3.63, 3.8) is 0 Å². The minimum Gasteiger partial charge on any atom is -0.475 e. The molecular weight excluding hydrogens is 616 g/mol. The van der Waals surface area contributed by atoms with Gasteiger partial charge in [0.2, 0.25) is 17.7 Å². The number of anilines is 1. The maximum Gasteiger partial charge on any atom is 0.264 e. The summed E-state index contributed by atoms with van der Waals surface area (Å²) in [6.07, 6.45) is 5.60. The highest BCUT2D eigenvalue weighted by Crippen LogP contribution is 2.32. The molecule has 1 atom stereocenters.